The van der Waals surface area contributed by atoms with E-state index in [2.05, 4.69) is 27.8 Å². The minimum absolute atomic E-state index is 0.0311. The largest absolute Gasteiger partial charge is 0.375 e. The average Bonchev–Trinajstić information content (AvgIpc) is 2.01. The van der Waals surface area contributed by atoms with Crippen LogP contribution >= 0.6 is 15.9 Å². The van der Waals surface area contributed by atoms with Crippen molar-refractivity contribution in [2.24, 2.45) is 0 Å². The standard InChI is InChI=1S/C10H18BrNO2/c1-8(2)7-14-6-5-12-9(13)10(3,4)11/h1,5-7H2,2-4H3,(H,12,13). The number of nitrogens with one attached hydrogen (secondary N) is 1. The molecule has 0 unspecified atom stereocenters. The van der Waals surface area contributed by atoms with E-state index in [-0.39, 0.29) is 5.91 Å². The van der Waals surface area contributed by atoms with Crippen LogP contribution < -0.4 is 5.32 Å². The number of hydrogen-bond acceptors (Lipinski definition) is 2. The van der Waals surface area contributed by atoms with Gasteiger partial charge in [-0.05, 0) is 20.8 Å². The van der Waals surface area contributed by atoms with Gasteiger partial charge in [-0.3, -0.25) is 4.79 Å². The Kier molecular flexibility index (Phi) is 6.04. The molecule has 14 heavy (non-hydrogen) atoms. The lowest BCUT2D eigenvalue weighted by Gasteiger charge is -2.15. The minimum atomic E-state index is -0.513. The zero-order valence-corrected chi connectivity index (χ0v) is 10.6. The fraction of sp³-hybridized carbons (Fsp3) is 0.700. The first kappa shape index (κ1) is 13.7. The van der Waals surface area contributed by atoms with E-state index in [9.17, 15) is 4.79 Å². The van der Waals surface area contributed by atoms with Crippen molar-refractivity contribution in [2.45, 2.75) is 25.1 Å². The first-order chi connectivity index (χ1) is 6.34. The molecule has 0 heterocycles. The summed E-state index contributed by atoms with van der Waals surface area (Å²) in [5.41, 5.74) is 0.983. The monoisotopic (exact) mass is 263 g/mol. The molecule has 0 bridgehead atoms. The second-order valence-electron chi connectivity index (χ2n) is 3.74. The second kappa shape index (κ2) is 6.19. The average molecular weight is 264 g/mol. The van der Waals surface area contributed by atoms with Crippen molar-refractivity contribution >= 4 is 21.8 Å². The molecule has 0 aromatic rings. The van der Waals surface area contributed by atoms with Crippen molar-refractivity contribution in [3.63, 3.8) is 0 Å². The highest BCUT2D eigenvalue weighted by Crippen LogP contribution is 2.14. The first-order valence-electron chi connectivity index (χ1n) is 4.53. The summed E-state index contributed by atoms with van der Waals surface area (Å²) in [4.78, 5) is 11.3. The molecule has 0 rings (SSSR count). The van der Waals surface area contributed by atoms with Gasteiger partial charge in [0.25, 0.3) is 0 Å². The van der Waals surface area contributed by atoms with Crippen LogP contribution in [0.1, 0.15) is 20.8 Å². The highest BCUT2D eigenvalue weighted by Gasteiger charge is 2.22. The molecule has 0 aliphatic carbocycles. The molecule has 0 spiro atoms. The van der Waals surface area contributed by atoms with Crippen molar-refractivity contribution in [2.75, 3.05) is 19.8 Å². The number of ether oxygens (including phenoxy) is 1. The molecule has 0 aromatic heterocycles. The molecule has 0 aromatic carbocycles. The Balaban J connectivity index is 3.46. The Morgan fingerprint density at radius 2 is 2.14 bits per heavy atom. The van der Waals surface area contributed by atoms with E-state index in [0.29, 0.717) is 19.8 Å². The van der Waals surface area contributed by atoms with Gasteiger partial charge < -0.3 is 10.1 Å². The van der Waals surface area contributed by atoms with Gasteiger partial charge in [0, 0.05) is 6.54 Å². The highest BCUT2D eigenvalue weighted by molar-refractivity contribution is 9.10. The normalized spacial score (nSPS) is 11.1. The minimum Gasteiger partial charge on any atom is -0.375 e. The summed E-state index contributed by atoms with van der Waals surface area (Å²) >= 11 is 3.27. The predicted octanol–water partition coefficient (Wildman–Crippen LogP) is 1.87. The fourth-order valence-corrected chi connectivity index (χ4v) is 0.833. The molecule has 1 amide bonds. The Morgan fingerprint density at radius 3 is 2.57 bits per heavy atom. The van der Waals surface area contributed by atoms with E-state index in [1.54, 1.807) is 13.8 Å². The maximum atomic E-state index is 11.3. The van der Waals surface area contributed by atoms with E-state index < -0.39 is 4.32 Å². The summed E-state index contributed by atoms with van der Waals surface area (Å²) in [5, 5.41) is 2.76. The van der Waals surface area contributed by atoms with Gasteiger partial charge in [0.2, 0.25) is 5.91 Å². The van der Waals surface area contributed by atoms with Crippen LogP contribution in [0.25, 0.3) is 0 Å². The summed E-state index contributed by atoms with van der Waals surface area (Å²) in [6, 6.07) is 0. The maximum Gasteiger partial charge on any atom is 0.236 e. The van der Waals surface area contributed by atoms with Gasteiger partial charge >= 0.3 is 0 Å². The van der Waals surface area contributed by atoms with Crippen LogP contribution in [-0.4, -0.2) is 30.0 Å². The lowest BCUT2D eigenvalue weighted by atomic mass is 10.2. The van der Waals surface area contributed by atoms with Gasteiger partial charge in [0.05, 0.1) is 17.5 Å². The number of carbonyl (C=O) groups excluding carboxylic acids is 1. The number of halogens is 1. The SMILES string of the molecule is C=C(C)COCCNC(=O)C(C)(C)Br. The van der Waals surface area contributed by atoms with Crippen molar-refractivity contribution < 1.29 is 9.53 Å². The summed E-state index contributed by atoms with van der Waals surface area (Å²) in [6.07, 6.45) is 0. The van der Waals surface area contributed by atoms with E-state index in [1.807, 2.05) is 6.92 Å². The topological polar surface area (TPSA) is 38.3 Å². The third-order valence-electron chi connectivity index (χ3n) is 1.42. The van der Waals surface area contributed by atoms with Crippen LogP contribution in [0.15, 0.2) is 12.2 Å². The number of hydrogen-bond donors (Lipinski definition) is 1. The molecule has 0 radical (unpaired) electrons. The third-order valence-corrected chi connectivity index (χ3v) is 1.78. The number of amides is 1. The van der Waals surface area contributed by atoms with Crippen LogP contribution in [0.3, 0.4) is 0 Å². The molecule has 0 aliphatic heterocycles. The Bertz CT molecular complexity index is 209. The Labute approximate surface area is 94.0 Å². The van der Waals surface area contributed by atoms with E-state index in [4.69, 9.17) is 4.74 Å². The van der Waals surface area contributed by atoms with E-state index >= 15 is 0 Å². The molecule has 0 saturated carbocycles. The fourth-order valence-electron chi connectivity index (χ4n) is 0.693. The summed E-state index contributed by atoms with van der Waals surface area (Å²) < 4.78 is 4.72. The second-order valence-corrected chi connectivity index (χ2v) is 5.72. The number of rotatable bonds is 6. The van der Waals surface area contributed by atoms with Gasteiger partial charge in [-0.15, -0.1) is 0 Å². The lowest BCUT2D eigenvalue weighted by molar-refractivity contribution is -0.122. The van der Waals surface area contributed by atoms with E-state index in [0.717, 1.165) is 5.57 Å². The highest BCUT2D eigenvalue weighted by atomic mass is 79.9. The summed E-state index contributed by atoms with van der Waals surface area (Å²) in [7, 11) is 0. The first-order valence-corrected chi connectivity index (χ1v) is 5.32. The van der Waals surface area contributed by atoms with Crippen LogP contribution in [-0.2, 0) is 9.53 Å². The molecule has 3 nitrogen and oxygen atoms in total. The smallest absolute Gasteiger partial charge is 0.236 e. The molecule has 0 aliphatic rings. The quantitative estimate of drug-likeness (QED) is 0.452. The summed E-state index contributed by atoms with van der Waals surface area (Å²) in [5.74, 6) is -0.0311. The molecule has 0 fully saturated rings. The molecular formula is C10H18BrNO2. The third kappa shape index (κ3) is 7.09. The van der Waals surface area contributed by atoms with Crippen LogP contribution in [0.2, 0.25) is 0 Å². The van der Waals surface area contributed by atoms with Crippen LogP contribution in [0.4, 0.5) is 0 Å². The molecule has 4 heteroatoms. The Morgan fingerprint density at radius 1 is 1.57 bits per heavy atom. The van der Waals surface area contributed by atoms with Crippen molar-refractivity contribution in [1.82, 2.24) is 5.32 Å². The van der Waals surface area contributed by atoms with Crippen LogP contribution in [0, 0.1) is 0 Å². The maximum absolute atomic E-state index is 11.3. The van der Waals surface area contributed by atoms with Crippen molar-refractivity contribution in [3.8, 4) is 0 Å². The van der Waals surface area contributed by atoms with Crippen molar-refractivity contribution in [1.29, 1.82) is 0 Å². The van der Waals surface area contributed by atoms with Crippen molar-refractivity contribution in [3.05, 3.63) is 12.2 Å². The predicted molar refractivity (Wildman–Crippen MR) is 61.6 cm³/mol. The molecule has 0 atom stereocenters. The molecular weight excluding hydrogens is 246 g/mol. The van der Waals surface area contributed by atoms with Crippen LogP contribution in [0.5, 0.6) is 0 Å². The molecule has 0 saturated heterocycles. The van der Waals surface area contributed by atoms with E-state index in [1.165, 1.54) is 0 Å². The van der Waals surface area contributed by atoms with Gasteiger partial charge in [-0.1, -0.05) is 28.1 Å². The number of carbonyl (C=O) groups is 1. The summed E-state index contributed by atoms with van der Waals surface area (Å²) in [6.45, 7) is 10.8. The number of alkyl halides is 1. The van der Waals surface area contributed by atoms with Gasteiger partial charge in [-0.25, -0.2) is 0 Å². The Hall–Kier alpha value is -0.350. The molecule has 1 N–H and O–H groups in total. The zero-order valence-electron chi connectivity index (χ0n) is 9.02. The van der Waals surface area contributed by atoms with Gasteiger partial charge in [-0.2, -0.15) is 0 Å². The van der Waals surface area contributed by atoms with Gasteiger partial charge in [0.1, 0.15) is 0 Å². The van der Waals surface area contributed by atoms with Gasteiger partial charge in [0.15, 0.2) is 0 Å². The zero-order chi connectivity index (χ0) is 11.2. The molecule has 82 valence electrons. The lowest BCUT2D eigenvalue weighted by Crippen LogP contribution is -2.39.